The zero-order valence-electron chi connectivity index (χ0n) is 17.7. The van der Waals surface area contributed by atoms with Crippen LogP contribution in [0.25, 0.3) is 0 Å². The number of urea groups is 1. The van der Waals surface area contributed by atoms with Crippen molar-refractivity contribution in [2.45, 2.75) is 68.5 Å². The van der Waals surface area contributed by atoms with Gasteiger partial charge < -0.3 is 5.32 Å². The molecule has 0 aromatic heterocycles. The van der Waals surface area contributed by atoms with Gasteiger partial charge in [-0.3, -0.25) is 15.0 Å². The Bertz CT molecular complexity index is 987. The van der Waals surface area contributed by atoms with E-state index in [1.54, 1.807) is 6.07 Å². The van der Waals surface area contributed by atoms with E-state index in [1.807, 2.05) is 12.1 Å². The zero-order valence-corrected chi connectivity index (χ0v) is 18.5. The van der Waals surface area contributed by atoms with Gasteiger partial charge in [-0.05, 0) is 81.2 Å². The van der Waals surface area contributed by atoms with E-state index in [2.05, 4.69) is 10.6 Å². The van der Waals surface area contributed by atoms with Gasteiger partial charge in [-0.1, -0.05) is 6.07 Å². The molecule has 1 aromatic rings. The van der Waals surface area contributed by atoms with Crippen LogP contribution in [0.1, 0.15) is 49.7 Å². The quantitative estimate of drug-likeness (QED) is 0.735. The minimum absolute atomic E-state index is 0.128. The van der Waals surface area contributed by atoms with Crippen LogP contribution in [-0.2, 0) is 27.7 Å². The van der Waals surface area contributed by atoms with Crippen LogP contribution in [-0.4, -0.2) is 61.4 Å². The molecule has 31 heavy (non-hydrogen) atoms. The first-order valence-corrected chi connectivity index (χ1v) is 12.9. The van der Waals surface area contributed by atoms with Crippen molar-refractivity contribution in [2.24, 2.45) is 5.92 Å². The van der Waals surface area contributed by atoms with Crippen molar-refractivity contribution in [3.05, 3.63) is 29.3 Å². The Hall–Kier alpha value is -1.97. The number of rotatable bonds is 3. The summed E-state index contributed by atoms with van der Waals surface area (Å²) in [5.41, 5.74) is 2.41. The SMILES string of the molecule is O=C1NC2NCCCC2C(=O)N1C1CCN(S(=O)(=O)c2ccc3c(c2)CCCC3)CC1. The smallest absolute Gasteiger partial charge is 0.321 e. The number of hydrogen-bond acceptors (Lipinski definition) is 5. The second-order valence-electron chi connectivity index (χ2n) is 9.11. The molecule has 0 saturated carbocycles. The van der Waals surface area contributed by atoms with Gasteiger partial charge in [-0.15, -0.1) is 0 Å². The van der Waals surface area contributed by atoms with Gasteiger partial charge in [0, 0.05) is 19.1 Å². The Morgan fingerprint density at radius 3 is 2.45 bits per heavy atom. The van der Waals surface area contributed by atoms with E-state index in [1.165, 1.54) is 14.8 Å². The summed E-state index contributed by atoms with van der Waals surface area (Å²) < 4.78 is 28.0. The average molecular weight is 447 g/mol. The number of sulfonamides is 1. The number of nitrogens with zero attached hydrogens (tertiary/aromatic N) is 2. The lowest BCUT2D eigenvalue weighted by Crippen LogP contribution is -2.68. The van der Waals surface area contributed by atoms with Crippen LogP contribution in [0.2, 0.25) is 0 Å². The van der Waals surface area contributed by atoms with E-state index < -0.39 is 10.0 Å². The molecule has 2 unspecified atom stereocenters. The molecule has 0 spiro atoms. The first kappa shape index (κ1) is 20.9. The second-order valence-corrected chi connectivity index (χ2v) is 11.0. The highest BCUT2D eigenvalue weighted by Crippen LogP contribution is 2.30. The van der Waals surface area contributed by atoms with Gasteiger partial charge in [0.05, 0.1) is 17.0 Å². The molecule has 168 valence electrons. The highest BCUT2D eigenvalue weighted by molar-refractivity contribution is 7.89. The Kier molecular flexibility index (Phi) is 5.52. The molecule has 9 heteroatoms. The molecule has 0 radical (unpaired) electrons. The normalized spacial score (nSPS) is 28.1. The number of fused-ring (bicyclic) bond motifs is 2. The minimum Gasteiger partial charge on any atom is -0.321 e. The minimum atomic E-state index is -3.58. The summed E-state index contributed by atoms with van der Waals surface area (Å²) in [6.07, 6.45) is 6.54. The highest BCUT2D eigenvalue weighted by atomic mass is 32.2. The van der Waals surface area contributed by atoms with E-state index >= 15 is 0 Å². The van der Waals surface area contributed by atoms with Crippen LogP contribution in [0, 0.1) is 5.92 Å². The van der Waals surface area contributed by atoms with Gasteiger partial charge in [-0.25, -0.2) is 13.2 Å². The lowest BCUT2D eigenvalue weighted by atomic mass is 9.91. The number of nitrogens with one attached hydrogen (secondary N) is 2. The van der Waals surface area contributed by atoms with Gasteiger partial charge in [0.1, 0.15) is 0 Å². The van der Waals surface area contributed by atoms with Crippen molar-refractivity contribution in [1.82, 2.24) is 19.8 Å². The van der Waals surface area contributed by atoms with E-state index in [-0.39, 0.29) is 30.1 Å². The van der Waals surface area contributed by atoms with Gasteiger partial charge in [0.25, 0.3) is 0 Å². The summed E-state index contributed by atoms with van der Waals surface area (Å²) in [6, 6.07) is 4.90. The van der Waals surface area contributed by atoms with E-state index in [0.29, 0.717) is 30.8 Å². The van der Waals surface area contributed by atoms with Crippen molar-refractivity contribution in [3.8, 4) is 0 Å². The van der Waals surface area contributed by atoms with Gasteiger partial charge >= 0.3 is 6.03 Å². The average Bonchev–Trinajstić information content (AvgIpc) is 2.79. The Labute approximate surface area is 183 Å². The maximum atomic E-state index is 13.2. The molecular weight excluding hydrogens is 416 g/mol. The van der Waals surface area contributed by atoms with Gasteiger partial charge in [-0.2, -0.15) is 4.31 Å². The highest BCUT2D eigenvalue weighted by Gasteiger charge is 2.45. The fourth-order valence-electron chi connectivity index (χ4n) is 5.49. The maximum absolute atomic E-state index is 13.2. The van der Waals surface area contributed by atoms with E-state index in [0.717, 1.165) is 50.6 Å². The largest absolute Gasteiger partial charge is 0.325 e. The predicted molar refractivity (Wildman–Crippen MR) is 115 cm³/mol. The molecule has 3 heterocycles. The number of carbonyl (C=O) groups is 2. The van der Waals surface area contributed by atoms with Crippen LogP contribution < -0.4 is 10.6 Å². The van der Waals surface area contributed by atoms with Crippen molar-refractivity contribution < 1.29 is 18.0 Å². The Morgan fingerprint density at radius 1 is 0.935 bits per heavy atom. The molecule has 3 amide bonds. The lowest BCUT2D eigenvalue weighted by Gasteiger charge is -2.44. The van der Waals surface area contributed by atoms with Crippen LogP contribution in [0.15, 0.2) is 23.1 Å². The summed E-state index contributed by atoms with van der Waals surface area (Å²) in [4.78, 5) is 27.3. The molecule has 3 saturated heterocycles. The summed E-state index contributed by atoms with van der Waals surface area (Å²) in [6.45, 7) is 1.43. The van der Waals surface area contributed by atoms with Crippen molar-refractivity contribution >= 4 is 22.0 Å². The van der Waals surface area contributed by atoms with Crippen LogP contribution >= 0.6 is 0 Å². The fraction of sp³-hybridized carbons (Fsp3) is 0.636. The third-order valence-electron chi connectivity index (χ3n) is 7.26. The van der Waals surface area contributed by atoms with Gasteiger partial charge in [0.15, 0.2) is 0 Å². The monoisotopic (exact) mass is 446 g/mol. The molecule has 3 aliphatic heterocycles. The summed E-state index contributed by atoms with van der Waals surface area (Å²) in [5, 5.41) is 6.12. The molecule has 0 bridgehead atoms. The van der Waals surface area contributed by atoms with Crippen LogP contribution in [0.4, 0.5) is 4.79 Å². The van der Waals surface area contributed by atoms with E-state index in [9.17, 15) is 18.0 Å². The lowest BCUT2D eigenvalue weighted by molar-refractivity contribution is -0.139. The van der Waals surface area contributed by atoms with Crippen LogP contribution in [0.3, 0.4) is 0 Å². The molecule has 3 fully saturated rings. The Balaban J connectivity index is 1.28. The summed E-state index contributed by atoms with van der Waals surface area (Å²) in [7, 11) is -3.58. The van der Waals surface area contributed by atoms with Crippen molar-refractivity contribution in [1.29, 1.82) is 0 Å². The number of carbonyl (C=O) groups excluding carboxylic acids is 2. The standard InChI is InChI=1S/C22H30N4O4S/c27-21-19-6-3-11-23-20(19)24-22(28)26(21)17-9-12-25(13-10-17)31(29,30)18-8-7-15-4-1-2-5-16(15)14-18/h7-8,14,17,19-20,23H,1-6,9-13H2,(H,24,28). The number of imide groups is 1. The third-order valence-corrected chi connectivity index (χ3v) is 9.15. The first-order valence-electron chi connectivity index (χ1n) is 11.4. The third kappa shape index (κ3) is 3.76. The zero-order chi connectivity index (χ0) is 21.6. The topological polar surface area (TPSA) is 98.8 Å². The fourth-order valence-corrected chi connectivity index (χ4v) is 7.01. The number of hydrogen-bond donors (Lipinski definition) is 2. The first-order chi connectivity index (χ1) is 14.9. The number of piperidine rings is 2. The molecule has 1 aliphatic carbocycles. The maximum Gasteiger partial charge on any atom is 0.325 e. The van der Waals surface area contributed by atoms with Gasteiger partial charge in [0.2, 0.25) is 15.9 Å². The molecule has 5 rings (SSSR count). The number of benzene rings is 1. The van der Waals surface area contributed by atoms with Crippen molar-refractivity contribution in [3.63, 3.8) is 0 Å². The second kappa shape index (κ2) is 8.18. The summed E-state index contributed by atoms with van der Waals surface area (Å²) >= 11 is 0. The Morgan fingerprint density at radius 2 is 1.68 bits per heavy atom. The predicted octanol–water partition coefficient (Wildman–Crippen LogP) is 1.60. The van der Waals surface area contributed by atoms with Crippen LogP contribution in [0.5, 0.6) is 0 Å². The number of aryl methyl sites for hydroxylation is 2. The van der Waals surface area contributed by atoms with Crippen molar-refractivity contribution in [2.75, 3.05) is 19.6 Å². The number of amides is 3. The molecular formula is C22H30N4O4S. The van der Waals surface area contributed by atoms with E-state index in [4.69, 9.17) is 0 Å². The molecule has 4 aliphatic rings. The molecule has 2 atom stereocenters. The summed E-state index contributed by atoms with van der Waals surface area (Å²) in [5.74, 6) is -0.361. The molecule has 8 nitrogen and oxygen atoms in total. The molecule has 1 aromatic carbocycles. The molecule has 2 N–H and O–H groups in total.